The third-order valence-electron chi connectivity index (χ3n) is 5.28. The third-order valence-corrected chi connectivity index (χ3v) is 5.28. The van der Waals surface area contributed by atoms with E-state index in [1.54, 1.807) is 0 Å². The molecule has 0 saturated carbocycles. The van der Waals surface area contributed by atoms with Crippen LogP contribution in [0, 0.1) is 5.92 Å². The van der Waals surface area contributed by atoms with Crippen molar-refractivity contribution in [3.05, 3.63) is 35.9 Å². The molecule has 2 heterocycles. The highest BCUT2D eigenvalue weighted by atomic mass is 16.2. The summed E-state index contributed by atoms with van der Waals surface area (Å²) in [4.78, 5) is 17.0. The minimum absolute atomic E-state index is 0.0603. The van der Waals surface area contributed by atoms with E-state index in [4.69, 9.17) is 5.73 Å². The van der Waals surface area contributed by atoms with Gasteiger partial charge in [0.25, 0.3) is 0 Å². The Morgan fingerprint density at radius 3 is 2.55 bits per heavy atom. The lowest BCUT2D eigenvalue weighted by Gasteiger charge is -2.25. The van der Waals surface area contributed by atoms with Crippen molar-refractivity contribution in [1.82, 2.24) is 9.80 Å². The van der Waals surface area contributed by atoms with E-state index in [1.807, 2.05) is 4.90 Å². The standard InChI is InChI=1S/C18H27N3O/c1-13(2)21-9-8-17(18(21)22)20-11-15(10-19)16(12-20)14-6-4-3-5-7-14/h3-7,13,15-17H,8-12,19H2,1-2H3/t15-,16+,17?/m1/s1. The van der Waals surface area contributed by atoms with E-state index < -0.39 is 0 Å². The fraction of sp³-hybridized carbons (Fsp3) is 0.611. The Morgan fingerprint density at radius 2 is 1.95 bits per heavy atom. The van der Waals surface area contributed by atoms with E-state index in [9.17, 15) is 4.79 Å². The lowest BCUT2D eigenvalue weighted by molar-refractivity contribution is -0.133. The number of hydrogen-bond donors (Lipinski definition) is 1. The minimum Gasteiger partial charge on any atom is -0.339 e. The Bertz CT molecular complexity index is 516. The van der Waals surface area contributed by atoms with E-state index in [1.165, 1.54) is 5.56 Å². The van der Waals surface area contributed by atoms with Crippen molar-refractivity contribution in [2.24, 2.45) is 11.7 Å². The molecule has 2 fully saturated rings. The van der Waals surface area contributed by atoms with Crippen LogP contribution >= 0.6 is 0 Å². The number of hydrogen-bond acceptors (Lipinski definition) is 3. The molecule has 1 amide bonds. The second-order valence-corrected chi connectivity index (χ2v) is 6.90. The second-order valence-electron chi connectivity index (χ2n) is 6.90. The number of benzene rings is 1. The SMILES string of the molecule is CC(C)N1CCC(N2C[C@@H](CN)[C@H](c3ccccc3)C2)C1=O. The van der Waals surface area contributed by atoms with Gasteiger partial charge in [-0.25, -0.2) is 0 Å². The smallest absolute Gasteiger partial charge is 0.240 e. The van der Waals surface area contributed by atoms with E-state index in [0.717, 1.165) is 26.1 Å². The Balaban J connectivity index is 1.74. The maximum Gasteiger partial charge on any atom is 0.240 e. The lowest BCUT2D eigenvalue weighted by atomic mass is 9.89. The summed E-state index contributed by atoms with van der Waals surface area (Å²) in [6.45, 7) is 7.66. The molecular formula is C18H27N3O. The van der Waals surface area contributed by atoms with Gasteiger partial charge < -0.3 is 10.6 Å². The van der Waals surface area contributed by atoms with E-state index in [2.05, 4.69) is 49.1 Å². The van der Waals surface area contributed by atoms with E-state index in [0.29, 0.717) is 30.3 Å². The predicted molar refractivity (Wildman–Crippen MR) is 88.6 cm³/mol. The molecular weight excluding hydrogens is 274 g/mol. The maximum absolute atomic E-state index is 12.6. The number of carbonyl (C=O) groups is 1. The van der Waals surface area contributed by atoms with Crippen LogP contribution in [0.2, 0.25) is 0 Å². The number of nitrogens with two attached hydrogens (primary N) is 1. The molecule has 3 atom stereocenters. The molecule has 2 aliphatic heterocycles. The molecule has 1 aromatic rings. The summed E-state index contributed by atoms with van der Waals surface area (Å²) < 4.78 is 0. The van der Waals surface area contributed by atoms with Gasteiger partial charge in [0.15, 0.2) is 0 Å². The number of rotatable bonds is 4. The quantitative estimate of drug-likeness (QED) is 0.920. The van der Waals surface area contributed by atoms with Crippen LogP contribution in [0.1, 0.15) is 31.7 Å². The van der Waals surface area contributed by atoms with Gasteiger partial charge in [0.2, 0.25) is 5.91 Å². The number of amides is 1. The third kappa shape index (κ3) is 2.77. The van der Waals surface area contributed by atoms with Gasteiger partial charge in [0.1, 0.15) is 0 Å². The Morgan fingerprint density at radius 1 is 1.23 bits per heavy atom. The highest BCUT2D eigenvalue weighted by Gasteiger charge is 2.42. The molecule has 1 unspecified atom stereocenters. The molecule has 0 radical (unpaired) electrons. The van der Waals surface area contributed by atoms with Crippen LogP contribution in [0.15, 0.2) is 30.3 Å². The van der Waals surface area contributed by atoms with Crippen molar-refractivity contribution in [3.63, 3.8) is 0 Å². The van der Waals surface area contributed by atoms with Crippen LogP contribution in [0.5, 0.6) is 0 Å². The van der Waals surface area contributed by atoms with Gasteiger partial charge in [-0.3, -0.25) is 9.69 Å². The summed E-state index contributed by atoms with van der Waals surface area (Å²) in [5, 5.41) is 0. The Hall–Kier alpha value is -1.39. The maximum atomic E-state index is 12.6. The summed E-state index contributed by atoms with van der Waals surface area (Å²) in [6, 6.07) is 11.0. The summed E-state index contributed by atoms with van der Waals surface area (Å²) >= 11 is 0. The van der Waals surface area contributed by atoms with Crippen molar-refractivity contribution in [3.8, 4) is 0 Å². The van der Waals surface area contributed by atoms with Crippen LogP contribution in [0.25, 0.3) is 0 Å². The Kier molecular flexibility index (Phi) is 4.50. The van der Waals surface area contributed by atoms with Crippen molar-refractivity contribution in [2.45, 2.75) is 38.3 Å². The van der Waals surface area contributed by atoms with Crippen molar-refractivity contribution < 1.29 is 4.79 Å². The normalized spacial score (nSPS) is 29.7. The van der Waals surface area contributed by atoms with Gasteiger partial charge >= 0.3 is 0 Å². The van der Waals surface area contributed by atoms with E-state index in [-0.39, 0.29) is 6.04 Å². The lowest BCUT2D eigenvalue weighted by Crippen LogP contribution is -2.42. The molecule has 22 heavy (non-hydrogen) atoms. The first-order chi connectivity index (χ1) is 10.6. The molecule has 0 bridgehead atoms. The molecule has 0 spiro atoms. The monoisotopic (exact) mass is 301 g/mol. The molecule has 4 nitrogen and oxygen atoms in total. The van der Waals surface area contributed by atoms with Crippen LogP contribution in [-0.4, -0.2) is 54.0 Å². The molecule has 2 saturated heterocycles. The Labute approximate surface area is 133 Å². The first-order valence-corrected chi connectivity index (χ1v) is 8.41. The number of carbonyl (C=O) groups excluding carboxylic acids is 1. The molecule has 0 aliphatic carbocycles. The number of nitrogens with zero attached hydrogens (tertiary/aromatic N) is 2. The molecule has 1 aromatic carbocycles. The molecule has 4 heteroatoms. The minimum atomic E-state index is 0.0603. The average molecular weight is 301 g/mol. The first kappa shape index (κ1) is 15.5. The molecule has 3 rings (SSSR count). The van der Waals surface area contributed by atoms with Crippen LogP contribution < -0.4 is 5.73 Å². The topological polar surface area (TPSA) is 49.6 Å². The van der Waals surface area contributed by atoms with Gasteiger partial charge in [0.05, 0.1) is 6.04 Å². The van der Waals surface area contributed by atoms with Crippen molar-refractivity contribution in [1.29, 1.82) is 0 Å². The van der Waals surface area contributed by atoms with Crippen molar-refractivity contribution in [2.75, 3.05) is 26.2 Å². The zero-order valence-corrected chi connectivity index (χ0v) is 13.6. The van der Waals surface area contributed by atoms with E-state index >= 15 is 0 Å². The summed E-state index contributed by atoms with van der Waals surface area (Å²) in [5.74, 6) is 1.20. The fourth-order valence-electron chi connectivity index (χ4n) is 4.01. The first-order valence-electron chi connectivity index (χ1n) is 8.41. The van der Waals surface area contributed by atoms with Gasteiger partial charge in [0, 0.05) is 31.6 Å². The van der Waals surface area contributed by atoms with Gasteiger partial charge in [-0.15, -0.1) is 0 Å². The zero-order chi connectivity index (χ0) is 15.7. The summed E-state index contributed by atoms with van der Waals surface area (Å²) in [6.07, 6.45) is 0.954. The molecule has 2 aliphatic rings. The fourth-order valence-corrected chi connectivity index (χ4v) is 4.01. The second kappa shape index (κ2) is 6.39. The van der Waals surface area contributed by atoms with Crippen LogP contribution in [0.4, 0.5) is 0 Å². The summed E-state index contributed by atoms with van der Waals surface area (Å²) in [7, 11) is 0. The molecule has 0 aromatic heterocycles. The van der Waals surface area contributed by atoms with Crippen LogP contribution in [-0.2, 0) is 4.79 Å². The van der Waals surface area contributed by atoms with Gasteiger partial charge in [-0.05, 0) is 38.3 Å². The van der Waals surface area contributed by atoms with Crippen molar-refractivity contribution >= 4 is 5.91 Å². The number of likely N-dealkylation sites (tertiary alicyclic amines) is 2. The van der Waals surface area contributed by atoms with Gasteiger partial charge in [-0.2, -0.15) is 0 Å². The van der Waals surface area contributed by atoms with Crippen LogP contribution in [0.3, 0.4) is 0 Å². The molecule has 120 valence electrons. The zero-order valence-electron chi connectivity index (χ0n) is 13.6. The largest absolute Gasteiger partial charge is 0.339 e. The average Bonchev–Trinajstić information content (AvgIpc) is 3.11. The van der Waals surface area contributed by atoms with Gasteiger partial charge in [-0.1, -0.05) is 30.3 Å². The predicted octanol–water partition coefficient (Wildman–Crippen LogP) is 1.67. The molecule has 2 N–H and O–H groups in total. The highest BCUT2D eigenvalue weighted by molar-refractivity contribution is 5.84. The summed E-state index contributed by atoms with van der Waals surface area (Å²) in [5.41, 5.74) is 7.36. The highest BCUT2D eigenvalue weighted by Crippen LogP contribution is 2.35.